The Morgan fingerprint density at radius 2 is 2.00 bits per heavy atom. The van der Waals surface area contributed by atoms with Crippen molar-refractivity contribution in [3.8, 4) is 0 Å². The Morgan fingerprint density at radius 1 is 1.27 bits per heavy atom. The minimum Gasteiger partial charge on any atom is -0.392 e. The molecule has 3 nitrogen and oxygen atoms in total. The molecule has 0 amide bonds. The minimum atomic E-state index is -0.146. The zero-order valence-corrected chi connectivity index (χ0v) is 9.67. The summed E-state index contributed by atoms with van der Waals surface area (Å²) in [4.78, 5) is 0. The summed E-state index contributed by atoms with van der Waals surface area (Å²) in [5.74, 6) is 0. The van der Waals surface area contributed by atoms with Gasteiger partial charge in [0.15, 0.2) is 0 Å². The van der Waals surface area contributed by atoms with Crippen LogP contribution in [-0.2, 0) is 4.74 Å². The summed E-state index contributed by atoms with van der Waals surface area (Å²) in [5, 5.41) is 13.3. The van der Waals surface area contributed by atoms with Gasteiger partial charge in [0.25, 0.3) is 0 Å². The molecule has 0 heterocycles. The Labute approximate surface area is 92.2 Å². The van der Waals surface area contributed by atoms with E-state index in [1.165, 1.54) is 32.1 Å². The molecule has 88 valence electrons. The van der Waals surface area contributed by atoms with E-state index in [9.17, 15) is 5.11 Å². The molecule has 2 aliphatic rings. The molecule has 0 aliphatic heterocycles. The number of hydrogen-bond donors (Lipinski definition) is 2. The third-order valence-electron chi connectivity index (χ3n) is 4.11. The highest BCUT2D eigenvalue weighted by Gasteiger charge is 2.37. The average Bonchev–Trinajstić information content (AvgIpc) is 2.19. The highest BCUT2D eigenvalue weighted by atomic mass is 16.5. The van der Waals surface area contributed by atoms with Crippen LogP contribution < -0.4 is 5.32 Å². The Hall–Kier alpha value is -0.120. The maximum atomic E-state index is 9.83. The molecule has 15 heavy (non-hydrogen) atoms. The molecule has 0 spiro atoms. The first-order valence-corrected chi connectivity index (χ1v) is 6.22. The molecular formula is C12H23NO2. The van der Waals surface area contributed by atoms with E-state index < -0.39 is 0 Å². The van der Waals surface area contributed by atoms with Gasteiger partial charge in [-0.25, -0.2) is 0 Å². The zero-order chi connectivity index (χ0) is 10.7. The fourth-order valence-electron chi connectivity index (χ4n) is 2.69. The van der Waals surface area contributed by atoms with Crippen molar-refractivity contribution in [2.75, 3.05) is 13.7 Å². The van der Waals surface area contributed by atoms with Crippen LogP contribution in [0.1, 0.15) is 44.9 Å². The number of nitrogens with one attached hydrogen (secondary N) is 1. The second-order valence-electron chi connectivity index (χ2n) is 5.08. The van der Waals surface area contributed by atoms with Gasteiger partial charge in [-0.3, -0.25) is 0 Å². The molecule has 2 aliphatic carbocycles. The molecule has 0 aromatic carbocycles. The normalized spacial score (nSPS) is 34.8. The lowest BCUT2D eigenvalue weighted by Crippen LogP contribution is -2.53. The fraction of sp³-hybridized carbons (Fsp3) is 1.00. The lowest BCUT2D eigenvalue weighted by atomic mass is 9.79. The zero-order valence-electron chi connectivity index (χ0n) is 9.67. The maximum Gasteiger partial charge on any atom is 0.0802 e. The second-order valence-corrected chi connectivity index (χ2v) is 5.08. The van der Waals surface area contributed by atoms with Gasteiger partial charge in [0, 0.05) is 19.7 Å². The van der Waals surface area contributed by atoms with Crippen LogP contribution in [0.25, 0.3) is 0 Å². The van der Waals surface area contributed by atoms with Crippen LogP contribution in [0.5, 0.6) is 0 Å². The number of rotatable bonds is 4. The number of aliphatic hydroxyl groups is 1. The summed E-state index contributed by atoms with van der Waals surface area (Å²) >= 11 is 0. The van der Waals surface area contributed by atoms with Crippen molar-refractivity contribution in [2.45, 2.75) is 62.7 Å². The lowest BCUT2D eigenvalue weighted by molar-refractivity contribution is -0.0741. The molecule has 2 fully saturated rings. The Kier molecular flexibility index (Phi) is 3.65. The first-order chi connectivity index (χ1) is 7.26. The monoisotopic (exact) mass is 213 g/mol. The molecule has 0 bridgehead atoms. The third-order valence-corrected chi connectivity index (χ3v) is 4.11. The molecule has 0 aromatic rings. The van der Waals surface area contributed by atoms with E-state index in [0.29, 0.717) is 6.04 Å². The van der Waals surface area contributed by atoms with Crippen molar-refractivity contribution >= 4 is 0 Å². The maximum absolute atomic E-state index is 9.83. The molecule has 0 aromatic heterocycles. The van der Waals surface area contributed by atoms with Crippen LogP contribution in [0, 0.1) is 0 Å². The van der Waals surface area contributed by atoms with Crippen molar-refractivity contribution < 1.29 is 9.84 Å². The molecule has 2 atom stereocenters. The van der Waals surface area contributed by atoms with Crippen LogP contribution in [0.3, 0.4) is 0 Å². The number of aliphatic hydroxyl groups excluding tert-OH is 1. The molecule has 3 heteroatoms. The Bertz CT molecular complexity index is 198. The van der Waals surface area contributed by atoms with Gasteiger partial charge in [0.1, 0.15) is 0 Å². The second kappa shape index (κ2) is 4.81. The van der Waals surface area contributed by atoms with E-state index >= 15 is 0 Å². The largest absolute Gasteiger partial charge is 0.392 e. The number of ether oxygens (including phenoxy) is 1. The molecule has 2 N–H and O–H groups in total. The smallest absolute Gasteiger partial charge is 0.0802 e. The van der Waals surface area contributed by atoms with Gasteiger partial charge in [0.2, 0.25) is 0 Å². The van der Waals surface area contributed by atoms with Gasteiger partial charge in [-0.15, -0.1) is 0 Å². The van der Waals surface area contributed by atoms with Crippen LogP contribution in [-0.4, -0.2) is 36.5 Å². The standard InChI is InChI=1S/C12H23NO2/c1-15-12(7-4-8-12)9-13-10-5-2-3-6-11(10)14/h10-11,13-14H,2-9H2,1H3. The summed E-state index contributed by atoms with van der Waals surface area (Å²) in [6.07, 6.45) is 7.96. The van der Waals surface area contributed by atoms with Crippen molar-refractivity contribution in [2.24, 2.45) is 0 Å². The summed E-state index contributed by atoms with van der Waals surface area (Å²) in [5.41, 5.74) is 0.0805. The first kappa shape index (κ1) is 11.4. The fourth-order valence-corrected chi connectivity index (χ4v) is 2.69. The van der Waals surface area contributed by atoms with E-state index in [4.69, 9.17) is 4.74 Å². The highest BCUT2D eigenvalue weighted by Crippen LogP contribution is 2.34. The van der Waals surface area contributed by atoms with E-state index in [-0.39, 0.29) is 11.7 Å². The van der Waals surface area contributed by atoms with E-state index in [0.717, 1.165) is 19.4 Å². The third kappa shape index (κ3) is 2.52. The Balaban J connectivity index is 1.76. The predicted molar refractivity (Wildman–Crippen MR) is 59.9 cm³/mol. The topological polar surface area (TPSA) is 41.5 Å². The van der Waals surface area contributed by atoms with Crippen LogP contribution in [0.4, 0.5) is 0 Å². The quantitative estimate of drug-likeness (QED) is 0.742. The summed E-state index contributed by atoms with van der Waals surface area (Å²) in [6.45, 7) is 0.908. The molecule has 2 rings (SSSR count). The van der Waals surface area contributed by atoms with Crippen molar-refractivity contribution in [1.29, 1.82) is 0 Å². The highest BCUT2D eigenvalue weighted by molar-refractivity contribution is 4.93. The summed E-state index contributed by atoms with van der Waals surface area (Å²) in [6, 6.07) is 0.298. The Morgan fingerprint density at radius 3 is 2.53 bits per heavy atom. The van der Waals surface area contributed by atoms with E-state index in [1.807, 2.05) is 0 Å². The summed E-state index contributed by atoms with van der Waals surface area (Å²) < 4.78 is 5.56. The predicted octanol–water partition coefficient (Wildman–Crippen LogP) is 1.45. The van der Waals surface area contributed by atoms with Crippen molar-refractivity contribution in [3.05, 3.63) is 0 Å². The van der Waals surface area contributed by atoms with Crippen molar-refractivity contribution in [3.63, 3.8) is 0 Å². The van der Waals surface area contributed by atoms with Gasteiger partial charge in [0.05, 0.1) is 11.7 Å². The number of hydrogen-bond acceptors (Lipinski definition) is 3. The average molecular weight is 213 g/mol. The van der Waals surface area contributed by atoms with Gasteiger partial charge in [-0.2, -0.15) is 0 Å². The van der Waals surface area contributed by atoms with Crippen LogP contribution >= 0.6 is 0 Å². The van der Waals surface area contributed by atoms with E-state index in [1.54, 1.807) is 7.11 Å². The van der Waals surface area contributed by atoms with Gasteiger partial charge in [-0.1, -0.05) is 12.8 Å². The first-order valence-electron chi connectivity index (χ1n) is 6.22. The molecule has 2 saturated carbocycles. The van der Waals surface area contributed by atoms with Crippen LogP contribution in [0.15, 0.2) is 0 Å². The SMILES string of the molecule is COC1(CNC2CCCCC2O)CCC1. The van der Waals surface area contributed by atoms with Crippen LogP contribution in [0.2, 0.25) is 0 Å². The van der Waals surface area contributed by atoms with E-state index in [2.05, 4.69) is 5.32 Å². The van der Waals surface area contributed by atoms with Gasteiger partial charge < -0.3 is 15.2 Å². The molecule has 0 radical (unpaired) electrons. The van der Waals surface area contributed by atoms with Gasteiger partial charge >= 0.3 is 0 Å². The summed E-state index contributed by atoms with van der Waals surface area (Å²) in [7, 11) is 1.80. The number of methoxy groups -OCH3 is 1. The van der Waals surface area contributed by atoms with Gasteiger partial charge in [-0.05, 0) is 32.1 Å². The molecular weight excluding hydrogens is 190 g/mol. The van der Waals surface area contributed by atoms with Crippen molar-refractivity contribution in [1.82, 2.24) is 5.32 Å². The molecule has 0 saturated heterocycles. The minimum absolute atomic E-state index is 0.0805. The molecule has 2 unspecified atom stereocenters. The lowest BCUT2D eigenvalue weighted by Gasteiger charge is -2.42.